The van der Waals surface area contributed by atoms with Crippen molar-refractivity contribution in [2.75, 3.05) is 6.61 Å². The van der Waals surface area contributed by atoms with E-state index in [0.29, 0.717) is 11.8 Å². The third-order valence-corrected chi connectivity index (χ3v) is 7.94. The van der Waals surface area contributed by atoms with Crippen molar-refractivity contribution in [3.05, 3.63) is 29.8 Å². The molecule has 5 heteroatoms. The zero-order valence-electron chi connectivity index (χ0n) is 15.4. The summed E-state index contributed by atoms with van der Waals surface area (Å²) in [6, 6.07) is 6.76. The van der Waals surface area contributed by atoms with Gasteiger partial charge in [-0.05, 0) is 67.9 Å². The number of aliphatic hydroxyl groups excluding tert-OH is 1. The van der Waals surface area contributed by atoms with Gasteiger partial charge in [0.05, 0.1) is 17.6 Å². The highest BCUT2D eigenvalue weighted by Gasteiger charge is 2.52. The molecule has 0 bridgehead atoms. The minimum Gasteiger partial charge on any atom is -0.393 e. The Morgan fingerprint density at radius 3 is 2.60 bits per heavy atom. The molecule has 0 aromatic heterocycles. The van der Waals surface area contributed by atoms with Gasteiger partial charge in [-0.2, -0.15) is 8.42 Å². The third-order valence-electron chi connectivity index (χ3n) is 6.65. The first-order valence-electron chi connectivity index (χ1n) is 9.38. The van der Waals surface area contributed by atoms with Crippen molar-refractivity contribution in [1.82, 2.24) is 0 Å². The summed E-state index contributed by atoms with van der Waals surface area (Å²) >= 11 is 0. The average molecular weight is 367 g/mol. The summed E-state index contributed by atoms with van der Waals surface area (Å²) in [6.45, 7) is 6.50. The Kier molecular flexibility index (Phi) is 5.29. The van der Waals surface area contributed by atoms with Gasteiger partial charge < -0.3 is 5.11 Å². The van der Waals surface area contributed by atoms with E-state index in [1.165, 1.54) is 0 Å². The van der Waals surface area contributed by atoms with Gasteiger partial charge in [-0.25, -0.2) is 0 Å². The lowest BCUT2D eigenvalue weighted by Gasteiger charge is -2.45. The Morgan fingerprint density at radius 2 is 1.92 bits per heavy atom. The first kappa shape index (κ1) is 18.9. The minimum atomic E-state index is -3.71. The van der Waals surface area contributed by atoms with Crippen LogP contribution in [0.2, 0.25) is 0 Å². The molecule has 25 heavy (non-hydrogen) atoms. The first-order valence-corrected chi connectivity index (χ1v) is 10.8. The Hall–Kier alpha value is -0.910. The molecule has 0 saturated heterocycles. The van der Waals surface area contributed by atoms with Gasteiger partial charge in [0.25, 0.3) is 10.1 Å². The average Bonchev–Trinajstić information content (AvgIpc) is 2.92. The Labute approximate surface area is 151 Å². The summed E-state index contributed by atoms with van der Waals surface area (Å²) in [5, 5.41) is 10.3. The number of fused-ring (bicyclic) bond motifs is 1. The molecule has 0 aliphatic heterocycles. The number of aryl methyl sites for hydroxylation is 1. The molecular weight excluding hydrogens is 336 g/mol. The van der Waals surface area contributed by atoms with E-state index in [9.17, 15) is 13.5 Å². The van der Waals surface area contributed by atoms with E-state index in [2.05, 4.69) is 13.8 Å². The Morgan fingerprint density at radius 1 is 1.24 bits per heavy atom. The molecular formula is C20H30O4S. The summed E-state index contributed by atoms with van der Waals surface area (Å²) in [7, 11) is -3.71. The summed E-state index contributed by atoms with van der Waals surface area (Å²) < 4.78 is 30.2. The molecule has 2 fully saturated rings. The van der Waals surface area contributed by atoms with Crippen LogP contribution in [0.15, 0.2) is 29.2 Å². The molecule has 1 aromatic carbocycles. The molecule has 2 saturated carbocycles. The van der Waals surface area contributed by atoms with Crippen LogP contribution in [0.4, 0.5) is 0 Å². The summed E-state index contributed by atoms with van der Waals surface area (Å²) in [5.74, 6) is 0.906. The highest BCUT2D eigenvalue weighted by molar-refractivity contribution is 7.86. The minimum absolute atomic E-state index is 0.105. The summed E-state index contributed by atoms with van der Waals surface area (Å²) in [6.07, 6.45) is 4.96. The predicted molar refractivity (Wildman–Crippen MR) is 97.7 cm³/mol. The van der Waals surface area contributed by atoms with Crippen molar-refractivity contribution in [1.29, 1.82) is 0 Å². The van der Waals surface area contributed by atoms with Crippen molar-refractivity contribution in [2.45, 2.75) is 63.9 Å². The van der Waals surface area contributed by atoms with E-state index in [0.717, 1.165) is 37.7 Å². The number of rotatable bonds is 5. The van der Waals surface area contributed by atoms with E-state index in [-0.39, 0.29) is 28.9 Å². The van der Waals surface area contributed by atoms with Crippen molar-refractivity contribution in [3.8, 4) is 0 Å². The second kappa shape index (κ2) is 7.01. The molecule has 140 valence electrons. The quantitative estimate of drug-likeness (QED) is 0.803. The maximum absolute atomic E-state index is 12.4. The molecule has 5 atom stereocenters. The highest BCUT2D eigenvalue weighted by atomic mass is 32.2. The number of hydrogen-bond acceptors (Lipinski definition) is 4. The second-order valence-electron chi connectivity index (χ2n) is 8.28. The molecule has 0 spiro atoms. The van der Waals surface area contributed by atoms with E-state index in [1.54, 1.807) is 24.3 Å². The van der Waals surface area contributed by atoms with E-state index < -0.39 is 10.1 Å². The smallest absolute Gasteiger partial charge is 0.296 e. The van der Waals surface area contributed by atoms with Crippen LogP contribution in [0.3, 0.4) is 0 Å². The van der Waals surface area contributed by atoms with Crippen LogP contribution in [-0.4, -0.2) is 26.2 Å². The zero-order chi connectivity index (χ0) is 18.2. The van der Waals surface area contributed by atoms with Crippen molar-refractivity contribution in [3.63, 3.8) is 0 Å². The van der Waals surface area contributed by atoms with Crippen molar-refractivity contribution in [2.24, 2.45) is 23.2 Å². The summed E-state index contributed by atoms with van der Waals surface area (Å²) in [4.78, 5) is 0.217. The Bertz CT molecular complexity index is 697. The van der Waals surface area contributed by atoms with E-state index >= 15 is 0 Å². The Balaban J connectivity index is 1.66. The highest BCUT2D eigenvalue weighted by Crippen LogP contribution is 2.57. The zero-order valence-corrected chi connectivity index (χ0v) is 16.3. The van der Waals surface area contributed by atoms with Crippen LogP contribution >= 0.6 is 0 Å². The fourth-order valence-corrected chi connectivity index (χ4v) is 6.21. The van der Waals surface area contributed by atoms with Gasteiger partial charge >= 0.3 is 0 Å². The standard InChI is InChI=1S/C20H30O4S/c1-14-6-8-16(9-7-14)25(22,23)24-13-15(2)17-10-11-18-19(21)5-4-12-20(17,18)3/h6-9,15,17-19,21H,4-5,10-13H2,1-3H3/t15-,17+,18?,19?,20+/m0/s1. The molecule has 0 amide bonds. The first-order chi connectivity index (χ1) is 11.7. The molecule has 2 unspecified atom stereocenters. The van der Waals surface area contributed by atoms with Crippen LogP contribution in [0.25, 0.3) is 0 Å². The predicted octanol–water partition coefficient (Wildman–Crippen LogP) is 3.91. The van der Waals surface area contributed by atoms with Crippen LogP contribution in [0.1, 0.15) is 51.5 Å². The van der Waals surface area contributed by atoms with Gasteiger partial charge in [-0.3, -0.25) is 4.18 Å². The van der Waals surface area contributed by atoms with Gasteiger partial charge in [0, 0.05) is 0 Å². The van der Waals surface area contributed by atoms with Crippen LogP contribution in [0, 0.1) is 30.1 Å². The molecule has 3 rings (SSSR count). The van der Waals surface area contributed by atoms with Crippen LogP contribution in [-0.2, 0) is 14.3 Å². The molecule has 1 aromatic rings. The second-order valence-corrected chi connectivity index (χ2v) is 9.90. The molecule has 2 aliphatic carbocycles. The fraction of sp³-hybridized carbons (Fsp3) is 0.700. The lowest BCUT2D eigenvalue weighted by Crippen LogP contribution is -2.42. The maximum atomic E-state index is 12.4. The number of hydrogen-bond donors (Lipinski definition) is 1. The van der Waals surface area contributed by atoms with E-state index in [4.69, 9.17) is 4.18 Å². The molecule has 0 heterocycles. The van der Waals surface area contributed by atoms with Gasteiger partial charge in [-0.15, -0.1) is 0 Å². The monoisotopic (exact) mass is 366 g/mol. The van der Waals surface area contributed by atoms with Crippen molar-refractivity contribution >= 4 is 10.1 Å². The maximum Gasteiger partial charge on any atom is 0.296 e. The normalized spacial score (nSPS) is 33.8. The lowest BCUT2D eigenvalue weighted by molar-refractivity contribution is -0.0307. The van der Waals surface area contributed by atoms with Gasteiger partial charge in [-0.1, -0.05) is 38.0 Å². The SMILES string of the molecule is Cc1ccc(S(=O)(=O)OC[C@H](C)[C@H]2CCC3C(O)CCC[C@@]32C)cc1. The molecule has 4 nitrogen and oxygen atoms in total. The molecule has 1 N–H and O–H groups in total. The van der Waals surface area contributed by atoms with E-state index in [1.807, 2.05) is 6.92 Å². The largest absolute Gasteiger partial charge is 0.393 e. The van der Waals surface area contributed by atoms with Gasteiger partial charge in [0.1, 0.15) is 0 Å². The fourth-order valence-electron chi connectivity index (χ4n) is 5.21. The molecule has 2 aliphatic rings. The lowest BCUT2D eigenvalue weighted by atomic mass is 9.62. The summed E-state index contributed by atoms with van der Waals surface area (Å²) in [5.41, 5.74) is 1.13. The topological polar surface area (TPSA) is 63.6 Å². The van der Waals surface area contributed by atoms with Gasteiger partial charge in [0.15, 0.2) is 0 Å². The third kappa shape index (κ3) is 3.64. The van der Waals surface area contributed by atoms with Crippen LogP contribution in [0.5, 0.6) is 0 Å². The van der Waals surface area contributed by atoms with Gasteiger partial charge in [0.2, 0.25) is 0 Å². The van der Waals surface area contributed by atoms with Crippen LogP contribution < -0.4 is 0 Å². The molecule has 0 radical (unpaired) electrons. The van der Waals surface area contributed by atoms with Crippen molar-refractivity contribution < 1.29 is 17.7 Å². The number of benzene rings is 1. The number of aliphatic hydroxyl groups is 1.